The molecule has 2 N–H and O–H groups in total. The molecule has 0 atom stereocenters. The molecule has 0 saturated carbocycles. The first kappa shape index (κ1) is 19.4. The first-order valence-electron chi connectivity index (χ1n) is 9.63. The number of likely N-dealkylation sites (tertiary alicyclic amines) is 1. The van der Waals surface area contributed by atoms with Gasteiger partial charge in [0.05, 0.1) is 17.9 Å². The maximum absolute atomic E-state index is 12.3. The molecule has 7 heteroatoms. The summed E-state index contributed by atoms with van der Waals surface area (Å²) in [6, 6.07) is 10.6. The van der Waals surface area contributed by atoms with Crippen LogP contribution in [-0.2, 0) is 13.1 Å². The summed E-state index contributed by atoms with van der Waals surface area (Å²) in [7, 11) is 0. The zero-order chi connectivity index (χ0) is 19.3. The van der Waals surface area contributed by atoms with Crippen molar-refractivity contribution in [3.05, 3.63) is 47.8 Å². The third kappa shape index (κ3) is 5.79. The second kappa shape index (κ2) is 8.52. The Morgan fingerprint density at radius 1 is 1.15 bits per heavy atom. The molecule has 0 radical (unpaired) electrons. The van der Waals surface area contributed by atoms with Crippen LogP contribution < -0.4 is 10.6 Å². The van der Waals surface area contributed by atoms with Crippen LogP contribution in [0.25, 0.3) is 0 Å². The van der Waals surface area contributed by atoms with Crippen molar-refractivity contribution in [2.24, 2.45) is 0 Å². The average Bonchev–Trinajstić information content (AvgIpc) is 3.10. The van der Waals surface area contributed by atoms with Crippen LogP contribution in [0.4, 0.5) is 4.79 Å². The van der Waals surface area contributed by atoms with Gasteiger partial charge in [0, 0.05) is 31.7 Å². The lowest BCUT2D eigenvalue weighted by Gasteiger charge is -2.34. The van der Waals surface area contributed by atoms with Crippen molar-refractivity contribution in [2.75, 3.05) is 13.1 Å². The number of nitrogens with zero attached hydrogens (tertiary/aromatic N) is 4. The number of urea groups is 1. The molecule has 1 fully saturated rings. The van der Waals surface area contributed by atoms with Crippen LogP contribution in [0.3, 0.4) is 0 Å². The highest BCUT2D eigenvalue weighted by Gasteiger charge is 2.26. The minimum Gasteiger partial charge on any atom is -0.333 e. The fourth-order valence-corrected chi connectivity index (χ4v) is 3.24. The van der Waals surface area contributed by atoms with Crippen LogP contribution in [0, 0.1) is 0 Å². The first-order valence-corrected chi connectivity index (χ1v) is 9.63. The van der Waals surface area contributed by atoms with Gasteiger partial charge >= 0.3 is 6.03 Å². The van der Waals surface area contributed by atoms with E-state index in [0.29, 0.717) is 12.6 Å². The molecule has 2 aromatic rings. The molecule has 1 aromatic carbocycles. The van der Waals surface area contributed by atoms with Crippen molar-refractivity contribution in [3.63, 3.8) is 0 Å². The van der Waals surface area contributed by atoms with E-state index in [2.05, 4.69) is 33.1 Å². The molecule has 1 aliphatic heterocycles. The molecule has 3 rings (SSSR count). The Morgan fingerprint density at radius 2 is 1.85 bits per heavy atom. The summed E-state index contributed by atoms with van der Waals surface area (Å²) >= 11 is 0. The molecule has 0 unspecified atom stereocenters. The highest BCUT2D eigenvalue weighted by Crippen LogP contribution is 2.22. The monoisotopic (exact) mass is 370 g/mol. The van der Waals surface area contributed by atoms with Gasteiger partial charge in [-0.15, -0.1) is 5.10 Å². The summed E-state index contributed by atoms with van der Waals surface area (Å²) in [6.07, 6.45) is 3.82. The number of hydrogen-bond acceptors (Lipinski definition) is 4. The summed E-state index contributed by atoms with van der Waals surface area (Å²) in [5, 5.41) is 15.0. The topological polar surface area (TPSA) is 75.1 Å². The third-order valence-electron chi connectivity index (χ3n) is 4.64. The van der Waals surface area contributed by atoms with Crippen LogP contribution in [0.1, 0.15) is 50.9 Å². The van der Waals surface area contributed by atoms with Crippen molar-refractivity contribution in [3.8, 4) is 0 Å². The summed E-state index contributed by atoms with van der Waals surface area (Å²) < 4.78 is 1.96. The van der Waals surface area contributed by atoms with E-state index in [-0.39, 0.29) is 11.6 Å². The highest BCUT2D eigenvalue weighted by molar-refractivity contribution is 5.75. The fraction of sp³-hybridized carbons (Fsp3) is 0.550. The number of carbonyl (C=O) groups excluding carboxylic acids is 1. The molecule has 146 valence electrons. The Morgan fingerprint density at radius 3 is 2.52 bits per heavy atom. The number of amides is 2. The molecular formula is C20H30N6O. The quantitative estimate of drug-likeness (QED) is 0.849. The van der Waals surface area contributed by atoms with E-state index in [1.54, 1.807) is 0 Å². The normalized spacial score (nSPS) is 15.7. The summed E-state index contributed by atoms with van der Waals surface area (Å²) in [5.41, 5.74) is 1.99. The number of piperidine rings is 1. The van der Waals surface area contributed by atoms with Gasteiger partial charge in [0.2, 0.25) is 0 Å². The predicted octanol–water partition coefficient (Wildman–Crippen LogP) is 2.71. The molecule has 1 saturated heterocycles. The Balaban J connectivity index is 1.44. The average molecular weight is 371 g/mol. The second-order valence-electron chi connectivity index (χ2n) is 8.18. The van der Waals surface area contributed by atoms with E-state index in [1.807, 2.05) is 54.7 Å². The van der Waals surface area contributed by atoms with Crippen molar-refractivity contribution >= 4 is 6.03 Å². The van der Waals surface area contributed by atoms with Crippen molar-refractivity contribution in [2.45, 2.75) is 58.3 Å². The second-order valence-corrected chi connectivity index (χ2v) is 8.18. The van der Waals surface area contributed by atoms with Gasteiger partial charge in [-0.1, -0.05) is 35.5 Å². The molecule has 7 nitrogen and oxygen atoms in total. The molecule has 0 aliphatic carbocycles. The largest absolute Gasteiger partial charge is 0.333 e. The molecule has 0 bridgehead atoms. The first-order chi connectivity index (χ1) is 12.9. The van der Waals surface area contributed by atoms with Gasteiger partial charge in [0.25, 0.3) is 0 Å². The van der Waals surface area contributed by atoms with E-state index in [9.17, 15) is 4.79 Å². The Kier molecular flexibility index (Phi) is 6.11. The number of nitrogens with one attached hydrogen (secondary N) is 2. The standard InChI is InChI=1S/C20H30N6O/c1-20(2,3)22-19(27)25-11-9-18(10-12-25)26-15-17(23-24-26)14-21-13-16-7-5-4-6-8-16/h4-8,15,18,21H,9-14H2,1-3H3,(H,22,27). The van der Waals surface area contributed by atoms with Gasteiger partial charge in [-0.05, 0) is 39.2 Å². The number of benzene rings is 1. The molecule has 0 spiro atoms. The van der Waals surface area contributed by atoms with Crippen LogP contribution in [0.5, 0.6) is 0 Å². The predicted molar refractivity (Wildman–Crippen MR) is 105 cm³/mol. The Bertz CT molecular complexity index is 728. The number of hydrogen-bond donors (Lipinski definition) is 2. The molecule has 2 heterocycles. The lowest BCUT2D eigenvalue weighted by molar-refractivity contribution is 0.161. The maximum atomic E-state index is 12.3. The minimum atomic E-state index is -0.207. The zero-order valence-corrected chi connectivity index (χ0v) is 16.5. The smallest absolute Gasteiger partial charge is 0.317 e. The van der Waals surface area contributed by atoms with Gasteiger partial charge in [-0.25, -0.2) is 9.48 Å². The van der Waals surface area contributed by atoms with E-state index in [4.69, 9.17) is 0 Å². The SMILES string of the molecule is CC(C)(C)NC(=O)N1CCC(n2cc(CNCc3ccccc3)nn2)CC1. The molecule has 27 heavy (non-hydrogen) atoms. The van der Waals surface area contributed by atoms with E-state index < -0.39 is 0 Å². The summed E-state index contributed by atoms with van der Waals surface area (Å²) in [6.45, 7) is 9.00. The zero-order valence-electron chi connectivity index (χ0n) is 16.5. The summed E-state index contributed by atoms with van der Waals surface area (Å²) in [5.74, 6) is 0. The van der Waals surface area contributed by atoms with Crippen molar-refractivity contribution < 1.29 is 4.79 Å². The van der Waals surface area contributed by atoms with E-state index in [0.717, 1.165) is 38.2 Å². The Hall–Kier alpha value is -2.41. The highest BCUT2D eigenvalue weighted by atomic mass is 16.2. The fourth-order valence-electron chi connectivity index (χ4n) is 3.24. The van der Waals surface area contributed by atoms with Crippen LogP contribution in [-0.4, -0.2) is 44.6 Å². The third-order valence-corrected chi connectivity index (χ3v) is 4.64. The molecule has 1 aromatic heterocycles. The van der Waals surface area contributed by atoms with Crippen molar-refractivity contribution in [1.29, 1.82) is 0 Å². The van der Waals surface area contributed by atoms with Crippen LogP contribution >= 0.6 is 0 Å². The molecule has 1 aliphatic rings. The number of aromatic nitrogens is 3. The van der Waals surface area contributed by atoms with Gasteiger partial charge < -0.3 is 15.5 Å². The van der Waals surface area contributed by atoms with Gasteiger partial charge in [0.1, 0.15) is 0 Å². The van der Waals surface area contributed by atoms with Gasteiger partial charge in [0.15, 0.2) is 0 Å². The van der Waals surface area contributed by atoms with Crippen LogP contribution in [0.2, 0.25) is 0 Å². The lowest BCUT2D eigenvalue weighted by Crippen LogP contribution is -2.50. The van der Waals surface area contributed by atoms with E-state index >= 15 is 0 Å². The number of carbonyl (C=O) groups is 1. The summed E-state index contributed by atoms with van der Waals surface area (Å²) in [4.78, 5) is 14.2. The van der Waals surface area contributed by atoms with Gasteiger partial charge in [-0.3, -0.25) is 0 Å². The van der Waals surface area contributed by atoms with E-state index in [1.165, 1.54) is 5.56 Å². The minimum absolute atomic E-state index is 0.0188. The van der Waals surface area contributed by atoms with Gasteiger partial charge in [-0.2, -0.15) is 0 Å². The molecule has 2 amide bonds. The Labute approximate surface area is 161 Å². The lowest BCUT2D eigenvalue weighted by atomic mass is 10.1. The number of rotatable bonds is 5. The van der Waals surface area contributed by atoms with Crippen LogP contribution in [0.15, 0.2) is 36.5 Å². The molecular weight excluding hydrogens is 340 g/mol. The maximum Gasteiger partial charge on any atom is 0.317 e. The van der Waals surface area contributed by atoms with Crippen molar-refractivity contribution in [1.82, 2.24) is 30.5 Å².